The number of rotatable bonds is 15. The lowest BCUT2D eigenvalue weighted by Crippen LogP contribution is -2.31. The van der Waals surface area contributed by atoms with E-state index in [0.717, 1.165) is 59.8 Å². The summed E-state index contributed by atoms with van der Waals surface area (Å²) in [5.41, 5.74) is 3.79. The van der Waals surface area contributed by atoms with Crippen LogP contribution in [0.2, 0.25) is 0 Å². The molecule has 1 amide bonds. The number of carbonyl (C=O) groups is 2. The zero-order valence-corrected chi connectivity index (χ0v) is 23.7. The van der Waals surface area contributed by atoms with Crippen molar-refractivity contribution in [1.82, 2.24) is 5.32 Å². The number of nitrogens with one attached hydrogen (secondary N) is 1. The molecular formula is C33H39NO7. The van der Waals surface area contributed by atoms with Crippen molar-refractivity contribution in [3.8, 4) is 11.5 Å². The predicted octanol–water partition coefficient (Wildman–Crippen LogP) is 5.58. The summed E-state index contributed by atoms with van der Waals surface area (Å²) in [6.45, 7) is 7.47. The van der Waals surface area contributed by atoms with Gasteiger partial charge < -0.3 is 29.0 Å². The summed E-state index contributed by atoms with van der Waals surface area (Å²) in [4.78, 5) is 24.1. The van der Waals surface area contributed by atoms with Crippen molar-refractivity contribution < 1.29 is 33.3 Å². The van der Waals surface area contributed by atoms with Crippen molar-refractivity contribution in [2.45, 2.75) is 39.0 Å². The molecule has 0 unspecified atom stereocenters. The number of hydrogen-bond acceptors (Lipinski definition) is 7. The molecule has 0 heterocycles. The zero-order chi connectivity index (χ0) is 28.9. The number of carbonyl (C=O) groups excluding carboxylic acids is 2. The summed E-state index contributed by atoms with van der Waals surface area (Å²) in [7, 11) is 0. The molecule has 41 heavy (non-hydrogen) atoms. The number of esters is 1. The van der Waals surface area contributed by atoms with Gasteiger partial charge in [0, 0.05) is 40.4 Å². The highest BCUT2D eigenvalue weighted by atomic mass is 16.6. The molecule has 0 radical (unpaired) electrons. The fourth-order valence-electron chi connectivity index (χ4n) is 4.80. The molecule has 8 nitrogen and oxygen atoms in total. The van der Waals surface area contributed by atoms with Gasteiger partial charge in [-0.1, -0.05) is 61.2 Å². The SMILES string of the molecule is C=C(C)C(=O)OCCOCCOCCNC(=O)Oc1c2c(c(OCCc3ccccc3)c3ccccc13)CCCC2. The van der Waals surface area contributed by atoms with E-state index in [4.69, 9.17) is 23.7 Å². The zero-order valence-electron chi connectivity index (χ0n) is 23.7. The molecular weight excluding hydrogens is 522 g/mol. The van der Waals surface area contributed by atoms with E-state index in [0.29, 0.717) is 44.3 Å². The van der Waals surface area contributed by atoms with Crippen LogP contribution in [0, 0.1) is 0 Å². The van der Waals surface area contributed by atoms with E-state index < -0.39 is 12.1 Å². The average molecular weight is 562 g/mol. The van der Waals surface area contributed by atoms with Crippen molar-refractivity contribution in [3.63, 3.8) is 0 Å². The molecule has 0 aromatic heterocycles. The topological polar surface area (TPSA) is 92.3 Å². The van der Waals surface area contributed by atoms with E-state index in [2.05, 4.69) is 24.0 Å². The second-order valence-corrected chi connectivity index (χ2v) is 9.91. The van der Waals surface area contributed by atoms with Gasteiger partial charge in [0.1, 0.15) is 18.1 Å². The van der Waals surface area contributed by atoms with Crippen LogP contribution in [0.5, 0.6) is 11.5 Å². The average Bonchev–Trinajstić information content (AvgIpc) is 2.99. The van der Waals surface area contributed by atoms with Gasteiger partial charge in [-0.2, -0.15) is 0 Å². The van der Waals surface area contributed by atoms with Gasteiger partial charge in [0.25, 0.3) is 0 Å². The monoisotopic (exact) mass is 561 g/mol. The molecule has 1 aliphatic rings. The van der Waals surface area contributed by atoms with Crippen molar-refractivity contribution >= 4 is 22.8 Å². The predicted molar refractivity (Wildman–Crippen MR) is 158 cm³/mol. The smallest absolute Gasteiger partial charge is 0.412 e. The standard InChI is InChI=1S/C33H39NO7/c1-24(2)32(35)40-23-22-38-21-20-37-19-17-34-33(36)41-31-28-14-8-6-12-26(28)30(27-13-7-9-15-29(27)31)39-18-16-25-10-4-3-5-11-25/h3-6,8,10-12,14H,1,7,9,13,15-23H2,2H3,(H,34,36). The van der Waals surface area contributed by atoms with Crippen LogP contribution in [0.3, 0.4) is 0 Å². The van der Waals surface area contributed by atoms with Crippen molar-refractivity contribution in [1.29, 1.82) is 0 Å². The molecule has 0 aliphatic heterocycles. The summed E-state index contributed by atoms with van der Waals surface area (Å²) in [5.74, 6) is 1.09. The van der Waals surface area contributed by atoms with Crippen LogP contribution >= 0.6 is 0 Å². The van der Waals surface area contributed by atoms with Crippen LogP contribution in [-0.4, -0.2) is 58.2 Å². The normalized spacial score (nSPS) is 12.4. The maximum atomic E-state index is 12.8. The molecule has 0 atom stereocenters. The molecule has 218 valence electrons. The maximum absolute atomic E-state index is 12.8. The van der Waals surface area contributed by atoms with Crippen LogP contribution < -0.4 is 14.8 Å². The summed E-state index contributed by atoms with van der Waals surface area (Å²) >= 11 is 0. The first-order valence-corrected chi connectivity index (χ1v) is 14.2. The number of amides is 1. The third-order valence-electron chi connectivity index (χ3n) is 6.80. The van der Waals surface area contributed by atoms with Crippen LogP contribution in [0.4, 0.5) is 4.79 Å². The minimum Gasteiger partial charge on any atom is -0.492 e. The Labute approximate surface area is 241 Å². The molecule has 0 saturated carbocycles. The van der Waals surface area contributed by atoms with Crippen molar-refractivity contribution in [2.75, 3.05) is 46.2 Å². The third-order valence-corrected chi connectivity index (χ3v) is 6.80. The van der Waals surface area contributed by atoms with Gasteiger partial charge in [0.05, 0.1) is 33.0 Å². The van der Waals surface area contributed by atoms with Gasteiger partial charge in [-0.05, 0) is 38.2 Å². The first-order valence-electron chi connectivity index (χ1n) is 14.2. The number of benzene rings is 3. The molecule has 1 N–H and O–H groups in total. The minimum atomic E-state index is -0.514. The first kappa shape index (κ1) is 30.1. The fraction of sp³-hybridized carbons (Fsp3) is 0.394. The molecule has 3 aromatic rings. The molecule has 0 spiro atoms. The van der Waals surface area contributed by atoms with E-state index in [1.165, 1.54) is 5.56 Å². The van der Waals surface area contributed by atoms with E-state index in [-0.39, 0.29) is 13.2 Å². The van der Waals surface area contributed by atoms with Gasteiger partial charge in [-0.25, -0.2) is 9.59 Å². The van der Waals surface area contributed by atoms with Crippen LogP contribution in [0.1, 0.15) is 36.5 Å². The summed E-state index contributed by atoms with van der Waals surface area (Å²) < 4.78 is 28.2. The quantitative estimate of drug-likeness (QED) is 0.147. The Balaban J connectivity index is 1.28. The fourth-order valence-corrected chi connectivity index (χ4v) is 4.80. The highest BCUT2D eigenvalue weighted by Gasteiger charge is 2.25. The van der Waals surface area contributed by atoms with E-state index in [1.807, 2.05) is 42.5 Å². The van der Waals surface area contributed by atoms with E-state index in [1.54, 1.807) is 6.92 Å². The highest BCUT2D eigenvalue weighted by molar-refractivity contribution is 5.97. The Hall–Kier alpha value is -3.88. The molecule has 1 aliphatic carbocycles. The molecule has 3 aromatic carbocycles. The Morgan fingerprint density at radius 1 is 0.780 bits per heavy atom. The minimum absolute atomic E-state index is 0.165. The summed E-state index contributed by atoms with van der Waals surface area (Å²) in [6, 6.07) is 18.3. The Morgan fingerprint density at radius 2 is 1.39 bits per heavy atom. The van der Waals surface area contributed by atoms with Gasteiger partial charge in [-0.3, -0.25) is 0 Å². The third kappa shape index (κ3) is 8.80. The van der Waals surface area contributed by atoms with Crippen LogP contribution in [0.25, 0.3) is 10.8 Å². The number of fused-ring (bicyclic) bond motifs is 2. The molecule has 0 fully saturated rings. The molecule has 4 rings (SSSR count). The van der Waals surface area contributed by atoms with Crippen LogP contribution in [-0.2, 0) is 38.3 Å². The van der Waals surface area contributed by atoms with Crippen molar-refractivity contribution in [3.05, 3.63) is 83.4 Å². The van der Waals surface area contributed by atoms with E-state index in [9.17, 15) is 9.59 Å². The molecule has 0 saturated heterocycles. The van der Waals surface area contributed by atoms with Crippen molar-refractivity contribution in [2.24, 2.45) is 0 Å². The largest absolute Gasteiger partial charge is 0.492 e. The first-order chi connectivity index (χ1) is 20.0. The number of ether oxygens (including phenoxy) is 5. The summed E-state index contributed by atoms with van der Waals surface area (Å²) in [6.07, 6.45) is 4.16. The van der Waals surface area contributed by atoms with Gasteiger partial charge in [0.2, 0.25) is 0 Å². The Kier molecular flexibility index (Phi) is 11.6. The molecule has 8 heteroatoms. The molecule has 0 bridgehead atoms. The lowest BCUT2D eigenvalue weighted by atomic mass is 9.87. The highest BCUT2D eigenvalue weighted by Crippen LogP contribution is 2.44. The Morgan fingerprint density at radius 3 is 2.10 bits per heavy atom. The number of hydrogen-bond donors (Lipinski definition) is 1. The van der Waals surface area contributed by atoms with E-state index >= 15 is 0 Å². The Bertz CT molecular complexity index is 1320. The lowest BCUT2D eigenvalue weighted by molar-refractivity contribution is -0.140. The summed E-state index contributed by atoms with van der Waals surface area (Å²) in [5, 5.41) is 4.62. The van der Waals surface area contributed by atoms with Gasteiger partial charge in [-0.15, -0.1) is 0 Å². The lowest BCUT2D eigenvalue weighted by Gasteiger charge is -2.25. The maximum Gasteiger partial charge on any atom is 0.412 e. The van der Waals surface area contributed by atoms with Gasteiger partial charge >= 0.3 is 12.1 Å². The second-order valence-electron chi connectivity index (χ2n) is 9.91. The van der Waals surface area contributed by atoms with Crippen LogP contribution in [0.15, 0.2) is 66.7 Å². The van der Waals surface area contributed by atoms with Gasteiger partial charge in [0.15, 0.2) is 0 Å². The second kappa shape index (κ2) is 15.8.